The number of nitrogens with one attached hydrogen (secondary N) is 2. The van der Waals surface area contributed by atoms with Gasteiger partial charge in [-0.3, -0.25) is 0 Å². The first-order chi connectivity index (χ1) is 13.3. The zero-order valence-corrected chi connectivity index (χ0v) is 16.0. The normalized spacial score (nSPS) is 14.4. The van der Waals surface area contributed by atoms with Crippen molar-refractivity contribution in [3.05, 3.63) is 30.0 Å². The molecule has 1 aliphatic carbocycles. The van der Waals surface area contributed by atoms with Crippen LogP contribution >= 0.6 is 0 Å². The number of rotatable bonds is 7. The summed E-state index contributed by atoms with van der Waals surface area (Å²) in [4.78, 5) is 25.1. The van der Waals surface area contributed by atoms with Crippen LogP contribution in [0, 0.1) is 0 Å². The molecule has 4 rings (SSSR count). The van der Waals surface area contributed by atoms with Gasteiger partial charge in [0.05, 0.1) is 11.1 Å². The molecule has 1 fully saturated rings. The predicted molar refractivity (Wildman–Crippen MR) is 110 cm³/mol. The summed E-state index contributed by atoms with van der Waals surface area (Å²) in [6.07, 6.45) is 4.79. The van der Waals surface area contributed by atoms with Gasteiger partial charge in [0.25, 0.3) is 0 Å². The SMILES string of the molecule is CC(C)(N)CCNc1nc2cc(C(=O)O)ccc2c2cnc(NC3CC3)nc12. The highest BCUT2D eigenvalue weighted by Crippen LogP contribution is 2.30. The first kappa shape index (κ1) is 18.4. The van der Waals surface area contributed by atoms with Gasteiger partial charge in [-0.2, -0.15) is 0 Å². The van der Waals surface area contributed by atoms with Gasteiger partial charge in [0.2, 0.25) is 5.95 Å². The van der Waals surface area contributed by atoms with Crippen molar-refractivity contribution in [2.24, 2.45) is 5.73 Å². The number of pyridine rings is 1. The van der Waals surface area contributed by atoms with Crippen molar-refractivity contribution in [2.45, 2.75) is 44.7 Å². The Bertz CT molecular complexity index is 1060. The summed E-state index contributed by atoms with van der Waals surface area (Å²) in [7, 11) is 0. The largest absolute Gasteiger partial charge is 0.478 e. The number of benzene rings is 1. The Morgan fingerprint density at radius 2 is 2.07 bits per heavy atom. The Morgan fingerprint density at radius 3 is 2.75 bits per heavy atom. The molecule has 28 heavy (non-hydrogen) atoms. The van der Waals surface area contributed by atoms with E-state index in [2.05, 4.69) is 25.6 Å². The monoisotopic (exact) mass is 380 g/mol. The predicted octanol–water partition coefficient (Wildman–Crippen LogP) is 2.99. The van der Waals surface area contributed by atoms with Crippen molar-refractivity contribution in [1.29, 1.82) is 0 Å². The van der Waals surface area contributed by atoms with Crippen LogP contribution in [0.1, 0.15) is 43.5 Å². The topological polar surface area (TPSA) is 126 Å². The van der Waals surface area contributed by atoms with E-state index in [1.807, 2.05) is 13.8 Å². The number of hydrogen-bond acceptors (Lipinski definition) is 7. The first-order valence-electron chi connectivity index (χ1n) is 9.43. The maximum absolute atomic E-state index is 11.3. The second kappa shape index (κ2) is 6.87. The number of aromatic carboxylic acids is 1. The Morgan fingerprint density at radius 1 is 1.29 bits per heavy atom. The number of carbonyl (C=O) groups is 1. The Labute approximate surface area is 162 Å². The minimum atomic E-state index is -0.983. The molecular formula is C20H24N6O2. The molecule has 0 spiro atoms. The van der Waals surface area contributed by atoms with Gasteiger partial charge >= 0.3 is 5.97 Å². The lowest BCUT2D eigenvalue weighted by Gasteiger charge is -2.19. The molecule has 0 bridgehead atoms. The van der Waals surface area contributed by atoms with Gasteiger partial charge in [-0.1, -0.05) is 6.07 Å². The Kier molecular flexibility index (Phi) is 4.50. The zero-order chi connectivity index (χ0) is 19.9. The molecule has 5 N–H and O–H groups in total. The van der Waals surface area contributed by atoms with Crippen molar-refractivity contribution in [3.8, 4) is 0 Å². The number of hydrogen-bond donors (Lipinski definition) is 4. The number of carboxylic acid groups (broad SMARTS) is 1. The number of carboxylic acids is 1. The minimum absolute atomic E-state index is 0.196. The van der Waals surface area contributed by atoms with Crippen LogP contribution < -0.4 is 16.4 Å². The van der Waals surface area contributed by atoms with E-state index in [4.69, 9.17) is 5.73 Å². The number of fused-ring (bicyclic) bond motifs is 3. The second-order valence-electron chi connectivity index (χ2n) is 8.04. The standard InChI is InChI=1S/C20H24N6O2/c1-20(2,21)7-8-22-17-16-14(10-23-19(26-16)24-12-4-5-12)13-6-3-11(18(27)28)9-15(13)25-17/h3,6,9-10,12H,4-5,7-8,21H2,1-2H3,(H,22,25)(H,27,28)(H,23,24,26). The number of nitrogens with two attached hydrogens (primary N) is 1. The lowest BCUT2D eigenvalue weighted by atomic mass is 10.0. The van der Waals surface area contributed by atoms with Crippen molar-refractivity contribution in [2.75, 3.05) is 17.2 Å². The average molecular weight is 380 g/mol. The van der Waals surface area contributed by atoms with Gasteiger partial charge in [0, 0.05) is 35.1 Å². The van der Waals surface area contributed by atoms with E-state index in [9.17, 15) is 9.90 Å². The smallest absolute Gasteiger partial charge is 0.335 e. The maximum Gasteiger partial charge on any atom is 0.335 e. The third-order valence-electron chi connectivity index (χ3n) is 4.75. The van der Waals surface area contributed by atoms with E-state index in [1.54, 1.807) is 24.4 Å². The van der Waals surface area contributed by atoms with Crippen LogP contribution in [0.5, 0.6) is 0 Å². The molecule has 0 amide bonds. The van der Waals surface area contributed by atoms with Gasteiger partial charge in [-0.05, 0) is 45.2 Å². The molecule has 0 atom stereocenters. The fraction of sp³-hybridized carbons (Fsp3) is 0.400. The molecule has 2 heterocycles. The molecule has 1 saturated carbocycles. The number of nitrogens with zero attached hydrogens (tertiary/aromatic N) is 3. The van der Waals surface area contributed by atoms with Crippen molar-refractivity contribution < 1.29 is 9.90 Å². The third-order valence-corrected chi connectivity index (χ3v) is 4.75. The van der Waals surface area contributed by atoms with Gasteiger partial charge in [0.1, 0.15) is 5.52 Å². The van der Waals surface area contributed by atoms with Crippen LogP contribution in [0.2, 0.25) is 0 Å². The number of anilines is 2. The third kappa shape index (κ3) is 3.96. The molecule has 2 aromatic heterocycles. The van der Waals surface area contributed by atoms with Crippen molar-refractivity contribution >= 4 is 39.5 Å². The Balaban J connectivity index is 1.80. The summed E-state index contributed by atoms with van der Waals surface area (Å²) < 4.78 is 0. The van der Waals surface area contributed by atoms with Crippen LogP contribution in [0.25, 0.3) is 21.8 Å². The van der Waals surface area contributed by atoms with Gasteiger partial charge in [-0.15, -0.1) is 0 Å². The van der Waals surface area contributed by atoms with Crippen LogP contribution in [0.3, 0.4) is 0 Å². The summed E-state index contributed by atoms with van der Waals surface area (Å²) in [5.74, 6) is 0.208. The van der Waals surface area contributed by atoms with Crippen LogP contribution in [0.4, 0.5) is 11.8 Å². The summed E-state index contributed by atoms with van der Waals surface area (Å²) in [6, 6.07) is 5.36. The Hall–Kier alpha value is -3.00. The van der Waals surface area contributed by atoms with E-state index in [1.165, 1.54) is 0 Å². The lowest BCUT2D eigenvalue weighted by molar-refractivity contribution is 0.0697. The fourth-order valence-corrected chi connectivity index (χ4v) is 3.02. The zero-order valence-electron chi connectivity index (χ0n) is 16.0. The van der Waals surface area contributed by atoms with Crippen LogP contribution in [-0.4, -0.2) is 44.2 Å². The molecule has 0 aliphatic heterocycles. The first-order valence-corrected chi connectivity index (χ1v) is 9.43. The highest BCUT2D eigenvalue weighted by molar-refractivity contribution is 6.09. The molecule has 1 aliphatic rings. The summed E-state index contributed by atoms with van der Waals surface area (Å²) >= 11 is 0. The van der Waals surface area contributed by atoms with Crippen molar-refractivity contribution in [1.82, 2.24) is 15.0 Å². The summed E-state index contributed by atoms with van der Waals surface area (Å²) in [5, 5.41) is 17.6. The highest BCUT2D eigenvalue weighted by Gasteiger charge is 2.22. The van der Waals surface area contributed by atoms with Gasteiger partial charge in [0.15, 0.2) is 5.82 Å². The summed E-state index contributed by atoms with van der Waals surface area (Å²) in [5.41, 5.74) is 7.28. The quantitative estimate of drug-likeness (QED) is 0.461. The molecule has 3 aromatic rings. The molecule has 8 nitrogen and oxygen atoms in total. The molecular weight excluding hydrogens is 356 g/mol. The number of aromatic nitrogens is 3. The van der Waals surface area contributed by atoms with E-state index >= 15 is 0 Å². The van der Waals surface area contributed by atoms with Crippen LogP contribution in [0.15, 0.2) is 24.4 Å². The molecule has 0 radical (unpaired) electrons. The van der Waals surface area contributed by atoms with Gasteiger partial charge < -0.3 is 21.5 Å². The summed E-state index contributed by atoms with van der Waals surface area (Å²) in [6.45, 7) is 4.57. The van der Waals surface area contributed by atoms with E-state index in [0.29, 0.717) is 35.4 Å². The van der Waals surface area contributed by atoms with E-state index < -0.39 is 5.97 Å². The van der Waals surface area contributed by atoms with Gasteiger partial charge in [-0.25, -0.2) is 19.7 Å². The average Bonchev–Trinajstić information content (AvgIpc) is 3.44. The maximum atomic E-state index is 11.3. The van der Waals surface area contributed by atoms with E-state index in [-0.39, 0.29) is 11.1 Å². The van der Waals surface area contributed by atoms with Crippen molar-refractivity contribution in [3.63, 3.8) is 0 Å². The molecule has 0 saturated heterocycles. The molecule has 1 aromatic carbocycles. The highest BCUT2D eigenvalue weighted by atomic mass is 16.4. The minimum Gasteiger partial charge on any atom is -0.478 e. The molecule has 0 unspecified atom stereocenters. The van der Waals surface area contributed by atoms with E-state index in [0.717, 1.165) is 30.0 Å². The molecule has 146 valence electrons. The molecule has 8 heteroatoms. The second-order valence-corrected chi connectivity index (χ2v) is 8.04. The fourth-order valence-electron chi connectivity index (χ4n) is 3.02. The lowest BCUT2D eigenvalue weighted by Crippen LogP contribution is -2.34. The van der Waals surface area contributed by atoms with Crippen LogP contribution in [-0.2, 0) is 0 Å².